The summed E-state index contributed by atoms with van der Waals surface area (Å²) in [6.45, 7) is 0. The van der Waals surface area contributed by atoms with Crippen LogP contribution < -0.4 is 9.18 Å². The Morgan fingerprint density at radius 2 is 1.23 bits per heavy atom. The Morgan fingerprint density at radius 3 is 1.77 bits per heavy atom. The molecule has 4 heterocycles. The number of aromatic nitrogens is 2. The predicted octanol–water partition coefficient (Wildman–Crippen LogP) is 2.78. The summed E-state index contributed by atoms with van der Waals surface area (Å²) in [5.74, 6) is 0. The Kier molecular flexibility index (Phi) is 3.93. The number of fused-ring (bicyclic) bond motifs is 2. The molecule has 5 rings (SSSR count). The van der Waals surface area contributed by atoms with E-state index in [4.69, 9.17) is 0 Å². The average molecular weight is 488 g/mol. The van der Waals surface area contributed by atoms with Gasteiger partial charge in [-0.25, -0.2) is 0 Å². The van der Waals surface area contributed by atoms with Crippen LogP contribution in [0.5, 0.6) is 0 Å². The van der Waals surface area contributed by atoms with E-state index in [-0.39, 0.29) is 0 Å². The fourth-order valence-corrected chi connectivity index (χ4v) is 14.7. The number of hydrogen-bond acceptors (Lipinski definition) is 6. The van der Waals surface area contributed by atoms with Crippen LogP contribution in [0.2, 0.25) is 0 Å². The van der Waals surface area contributed by atoms with Gasteiger partial charge in [-0.3, -0.25) is 0 Å². The number of thioether (sulfide) groups is 4. The first-order valence-corrected chi connectivity index (χ1v) is 13.0. The fourth-order valence-electron chi connectivity index (χ4n) is 2.03. The summed E-state index contributed by atoms with van der Waals surface area (Å²) in [6.07, 6.45) is 3.65. The van der Waals surface area contributed by atoms with E-state index in [9.17, 15) is 0 Å². The molecule has 1 aromatic carbocycles. The van der Waals surface area contributed by atoms with Crippen molar-refractivity contribution in [3.05, 3.63) is 52.7 Å². The molecule has 2 nitrogen and oxygen atoms in total. The van der Waals surface area contributed by atoms with Crippen LogP contribution in [-0.4, -0.2) is 39.9 Å². The molecule has 1 aromatic heterocycles. The van der Waals surface area contributed by atoms with Gasteiger partial charge in [0, 0.05) is 0 Å². The van der Waals surface area contributed by atoms with Gasteiger partial charge >= 0.3 is 159 Å². The van der Waals surface area contributed by atoms with E-state index >= 15 is 0 Å². The first-order chi connectivity index (χ1) is 10.9. The fraction of sp³-hybridized carbons (Fsp3) is 0. The van der Waals surface area contributed by atoms with E-state index in [1.165, 1.54) is 31.7 Å². The van der Waals surface area contributed by atoms with Gasteiger partial charge in [-0.1, -0.05) is 0 Å². The van der Waals surface area contributed by atoms with Crippen LogP contribution >= 0.6 is 47.0 Å². The van der Waals surface area contributed by atoms with Crippen molar-refractivity contribution in [2.75, 3.05) is 0 Å². The van der Waals surface area contributed by atoms with Crippen molar-refractivity contribution in [1.29, 1.82) is 0 Å². The maximum absolute atomic E-state index is 4.51. The Hall–Kier alpha value is 0.219. The van der Waals surface area contributed by atoms with Gasteiger partial charge in [0.05, 0.1) is 0 Å². The van der Waals surface area contributed by atoms with Gasteiger partial charge < -0.3 is 0 Å². The second-order valence-corrected chi connectivity index (χ2v) is 14.8. The minimum absolute atomic E-state index is 0.371. The van der Waals surface area contributed by atoms with Gasteiger partial charge in [0.15, 0.2) is 0 Å². The van der Waals surface area contributed by atoms with E-state index in [0.29, 0.717) is 29.9 Å². The number of nitrogens with zero attached hydrogens (tertiary/aromatic N) is 2. The summed E-state index contributed by atoms with van der Waals surface area (Å²) in [5, 5.41) is 0. The van der Waals surface area contributed by atoms with Crippen molar-refractivity contribution in [3.63, 3.8) is 0 Å². The zero-order valence-corrected chi connectivity index (χ0v) is 17.5. The molecular formula is C14H6N2S4Se2. The summed E-state index contributed by atoms with van der Waals surface area (Å²) in [4.78, 5) is 11.8. The minimum atomic E-state index is 0.371. The van der Waals surface area contributed by atoms with Gasteiger partial charge in [-0.15, -0.1) is 0 Å². The Morgan fingerprint density at radius 1 is 0.682 bits per heavy atom. The molecule has 0 spiro atoms. The molecule has 0 saturated carbocycles. The molecule has 0 aliphatic carbocycles. The topological polar surface area (TPSA) is 25.8 Å². The molecule has 22 heavy (non-hydrogen) atoms. The Labute approximate surface area is 157 Å². The van der Waals surface area contributed by atoms with E-state index in [2.05, 4.69) is 34.2 Å². The van der Waals surface area contributed by atoms with Crippen molar-refractivity contribution in [1.82, 2.24) is 9.97 Å². The van der Waals surface area contributed by atoms with Crippen LogP contribution in [0, 0.1) is 0 Å². The molecule has 2 aromatic rings. The summed E-state index contributed by atoms with van der Waals surface area (Å²) in [7, 11) is 0. The van der Waals surface area contributed by atoms with E-state index < -0.39 is 0 Å². The molecule has 0 atom stereocenters. The molecule has 3 aliphatic heterocycles. The van der Waals surface area contributed by atoms with Gasteiger partial charge in [0.2, 0.25) is 0 Å². The van der Waals surface area contributed by atoms with Crippen LogP contribution in [0.3, 0.4) is 0 Å². The molecule has 0 amide bonds. The molecule has 0 bridgehead atoms. The van der Waals surface area contributed by atoms with Crippen molar-refractivity contribution in [2.45, 2.75) is 9.79 Å². The molecule has 3 aliphatic rings. The first kappa shape index (κ1) is 14.6. The molecule has 0 unspecified atom stereocenters. The Bertz CT molecular complexity index is 799. The third-order valence-corrected chi connectivity index (χ3v) is 15.9. The molecule has 0 saturated heterocycles. The summed E-state index contributed by atoms with van der Waals surface area (Å²) in [5.41, 5.74) is 0. The average Bonchev–Trinajstić information content (AvgIpc) is 3.15. The zero-order valence-electron chi connectivity index (χ0n) is 10.8. The first-order valence-electron chi connectivity index (χ1n) is 6.32. The second kappa shape index (κ2) is 5.94. The third-order valence-electron chi connectivity index (χ3n) is 2.97. The SMILES string of the molecule is c1ccc2c(c1)SC1=C(SC(=C3[Se]c4nccnc4[Se]3)S1)S2. The van der Waals surface area contributed by atoms with E-state index in [1.54, 1.807) is 3.37 Å². The summed E-state index contributed by atoms with van der Waals surface area (Å²) in [6, 6.07) is 8.70. The summed E-state index contributed by atoms with van der Waals surface area (Å²) >= 11 is 8.52. The zero-order chi connectivity index (χ0) is 14.5. The van der Waals surface area contributed by atoms with Crippen LogP contribution in [0.4, 0.5) is 0 Å². The quantitative estimate of drug-likeness (QED) is 0.530. The molecule has 0 N–H and O–H groups in total. The van der Waals surface area contributed by atoms with Crippen LogP contribution in [0.15, 0.2) is 62.5 Å². The maximum atomic E-state index is 4.51. The molecule has 0 radical (unpaired) electrons. The monoisotopic (exact) mass is 490 g/mol. The number of benzene rings is 1. The van der Waals surface area contributed by atoms with Gasteiger partial charge in [0.1, 0.15) is 0 Å². The van der Waals surface area contributed by atoms with E-state index in [1.807, 2.05) is 59.4 Å². The summed E-state index contributed by atoms with van der Waals surface area (Å²) < 4.78 is 8.51. The van der Waals surface area contributed by atoms with Crippen LogP contribution in [0.25, 0.3) is 0 Å². The molecule has 8 heteroatoms. The Balaban J connectivity index is 1.44. The third kappa shape index (κ3) is 2.54. The predicted molar refractivity (Wildman–Crippen MR) is 100 cm³/mol. The second-order valence-electron chi connectivity index (χ2n) is 4.38. The van der Waals surface area contributed by atoms with Gasteiger partial charge in [-0.2, -0.15) is 0 Å². The van der Waals surface area contributed by atoms with Crippen molar-refractivity contribution in [3.8, 4) is 0 Å². The van der Waals surface area contributed by atoms with Crippen LogP contribution in [-0.2, 0) is 0 Å². The van der Waals surface area contributed by atoms with Crippen molar-refractivity contribution < 1.29 is 0 Å². The van der Waals surface area contributed by atoms with Crippen LogP contribution in [0.1, 0.15) is 0 Å². The molecular weight excluding hydrogens is 482 g/mol. The van der Waals surface area contributed by atoms with Crippen molar-refractivity contribution >= 4 is 86.1 Å². The number of rotatable bonds is 0. The molecule has 0 fully saturated rings. The van der Waals surface area contributed by atoms with Crippen molar-refractivity contribution in [2.24, 2.45) is 0 Å². The normalized spacial score (nSPS) is 19.3. The van der Waals surface area contributed by atoms with E-state index in [0.717, 1.165) is 0 Å². The number of hydrogen-bond donors (Lipinski definition) is 0. The van der Waals surface area contributed by atoms with Gasteiger partial charge in [0.25, 0.3) is 0 Å². The molecule has 108 valence electrons. The standard InChI is InChI=1S/C14H6N2S4Se2/c1-2-4-8-7(3-1)17-11-12(18-8)20-13(19-11)14-21-9-10(22-14)16-6-5-15-9/h1-6H. The van der Waals surface area contributed by atoms with Gasteiger partial charge in [-0.05, 0) is 0 Å².